The van der Waals surface area contributed by atoms with E-state index in [1.165, 1.54) is 58.2 Å². The molecule has 1 fully saturated rings. The van der Waals surface area contributed by atoms with Gasteiger partial charge in [-0.2, -0.15) is 0 Å². The van der Waals surface area contributed by atoms with E-state index >= 15 is 0 Å². The van der Waals surface area contributed by atoms with Gasteiger partial charge in [-0.1, -0.05) is 30.3 Å². The number of benzene rings is 1. The third kappa shape index (κ3) is 2.46. The maximum Gasteiger partial charge on any atom is 0.150 e. The highest BCUT2D eigenvalue weighted by Crippen LogP contribution is 2.44. The van der Waals surface area contributed by atoms with Crippen LogP contribution in [0.2, 0.25) is 0 Å². The Morgan fingerprint density at radius 1 is 0.857 bits per heavy atom. The fourth-order valence-corrected chi connectivity index (χ4v) is 6.03. The van der Waals surface area contributed by atoms with E-state index in [2.05, 4.69) is 35.2 Å². The number of nitrogens with zero attached hydrogens (tertiary/aromatic N) is 4. The number of fused-ring (bicyclic) bond motifs is 5. The third-order valence-electron chi connectivity index (χ3n) is 6.16. The van der Waals surface area contributed by atoms with E-state index in [4.69, 9.17) is 15.0 Å². The van der Waals surface area contributed by atoms with Crippen LogP contribution in [0.3, 0.4) is 0 Å². The zero-order valence-corrected chi connectivity index (χ0v) is 16.6. The lowest BCUT2D eigenvalue weighted by Gasteiger charge is -2.27. The topological polar surface area (TPSA) is 41.9 Å². The molecule has 28 heavy (non-hydrogen) atoms. The number of thiophene rings is 1. The van der Waals surface area contributed by atoms with Crippen LogP contribution in [0.1, 0.15) is 36.8 Å². The second-order valence-corrected chi connectivity index (χ2v) is 8.84. The van der Waals surface area contributed by atoms with Crippen LogP contribution in [0.5, 0.6) is 0 Å². The van der Waals surface area contributed by atoms with Crippen LogP contribution in [0.4, 0.5) is 5.82 Å². The fraction of sp³-hybridized carbons (Fsp3) is 0.348. The normalized spacial score (nSPS) is 16.8. The van der Waals surface area contributed by atoms with Gasteiger partial charge in [0.25, 0.3) is 0 Å². The van der Waals surface area contributed by atoms with Crippen molar-refractivity contribution in [1.29, 1.82) is 0 Å². The Balaban J connectivity index is 1.63. The predicted octanol–water partition coefficient (Wildman–Crippen LogP) is 5.39. The van der Waals surface area contributed by atoms with Crippen LogP contribution in [-0.2, 0) is 12.8 Å². The van der Waals surface area contributed by atoms with Gasteiger partial charge < -0.3 is 4.90 Å². The number of anilines is 1. The molecular weight excluding hydrogens is 364 g/mol. The molecule has 0 unspecified atom stereocenters. The zero-order chi connectivity index (χ0) is 18.5. The molecule has 0 N–H and O–H groups in total. The highest BCUT2D eigenvalue weighted by atomic mass is 32.1. The minimum atomic E-state index is 1.10. The van der Waals surface area contributed by atoms with Gasteiger partial charge in [-0.3, -0.25) is 0 Å². The molecule has 4 aromatic rings. The number of pyridine rings is 1. The minimum absolute atomic E-state index is 1.10. The summed E-state index contributed by atoms with van der Waals surface area (Å²) in [6.07, 6.45) is 9.03. The summed E-state index contributed by atoms with van der Waals surface area (Å²) in [6, 6.07) is 10.6. The molecule has 140 valence electrons. The maximum absolute atomic E-state index is 5.17. The smallest absolute Gasteiger partial charge is 0.150 e. The van der Waals surface area contributed by atoms with Gasteiger partial charge in [-0.05, 0) is 49.7 Å². The van der Waals surface area contributed by atoms with Gasteiger partial charge in [0.2, 0.25) is 0 Å². The number of hydrogen-bond donors (Lipinski definition) is 0. The number of piperidine rings is 1. The van der Waals surface area contributed by atoms with Gasteiger partial charge in [0, 0.05) is 24.0 Å². The lowest BCUT2D eigenvalue weighted by molar-refractivity contribution is 0.575. The molecular formula is C23H22N4S. The van der Waals surface area contributed by atoms with Crippen molar-refractivity contribution in [3.8, 4) is 11.3 Å². The summed E-state index contributed by atoms with van der Waals surface area (Å²) in [5.74, 6) is 1.11. The Hall–Kier alpha value is -2.53. The van der Waals surface area contributed by atoms with Crippen LogP contribution in [0.25, 0.3) is 31.7 Å². The molecule has 6 rings (SSSR count). The number of aromatic nitrogens is 3. The first-order valence-electron chi connectivity index (χ1n) is 10.3. The van der Waals surface area contributed by atoms with Gasteiger partial charge in [-0.25, -0.2) is 15.0 Å². The van der Waals surface area contributed by atoms with Crippen molar-refractivity contribution in [2.75, 3.05) is 18.0 Å². The molecule has 2 aliphatic rings. The van der Waals surface area contributed by atoms with E-state index in [1.54, 1.807) is 17.7 Å². The summed E-state index contributed by atoms with van der Waals surface area (Å²) in [5.41, 5.74) is 6.40. The van der Waals surface area contributed by atoms with Gasteiger partial charge in [0.05, 0.1) is 15.9 Å². The van der Waals surface area contributed by atoms with Crippen molar-refractivity contribution in [3.05, 3.63) is 47.8 Å². The number of hydrogen-bond acceptors (Lipinski definition) is 5. The maximum atomic E-state index is 5.17. The minimum Gasteiger partial charge on any atom is -0.355 e. The molecule has 1 aliphatic heterocycles. The molecule has 0 amide bonds. The second-order valence-electron chi connectivity index (χ2n) is 7.84. The largest absolute Gasteiger partial charge is 0.355 e. The van der Waals surface area contributed by atoms with Crippen molar-refractivity contribution in [2.24, 2.45) is 0 Å². The Labute approximate surface area is 168 Å². The molecule has 0 radical (unpaired) electrons. The van der Waals surface area contributed by atoms with Crippen molar-refractivity contribution < 1.29 is 0 Å². The van der Waals surface area contributed by atoms with Gasteiger partial charge in [0.1, 0.15) is 17.0 Å². The lowest BCUT2D eigenvalue weighted by atomic mass is 10.0. The Morgan fingerprint density at radius 3 is 2.54 bits per heavy atom. The molecule has 4 heterocycles. The van der Waals surface area contributed by atoms with Crippen molar-refractivity contribution in [2.45, 2.75) is 38.5 Å². The first-order chi connectivity index (χ1) is 13.9. The van der Waals surface area contributed by atoms with Gasteiger partial charge >= 0.3 is 0 Å². The summed E-state index contributed by atoms with van der Waals surface area (Å²) in [7, 11) is 0. The second kappa shape index (κ2) is 6.52. The summed E-state index contributed by atoms with van der Waals surface area (Å²) < 4.78 is 1.21. The monoisotopic (exact) mass is 386 g/mol. The summed E-state index contributed by atoms with van der Waals surface area (Å²) >= 11 is 1.78. The third-order valence-corrected chi connectivity index (χ3v) is 7.22. The fourth-order valence-electron chi connectivity index (χ4n) is 4.85. The molecule has 4 nitrogen and oxygen atoms in total. The standard InChI is InChI=1S/C23H22N4S/c1-3-8-15(9-4-1)19-17-11-7-10-16(17)18-20-21(28-23(18)26-19)22(25-14-24-20)27-12-5-2-6-13-27/h1,3-4,8-9,14H,2,5-7,10-13H2. The molecule has 5 heteroatoms. The van der Waals surface area contributed by atoms with E-state index < -0.39 is 0 Å². The van der Waals surface area contributed by atoms with Gasteiger partial charge in [-0.15, -0.1) is 11.3 Å². The number of aryl methyl sites for hydroxylation is 1. The Bertz CT molecular complexity index is 1180. The molecule has 0 spiro atoms. The Morgan fingerprint density at radius 2 is 1.68 bits per heavy atom. The predicted molar refractivity (Wildman–Crippen MR) is 116 cm³/mol. The van der Waals surface area contributed by atoms with Gasteiger partial charge in [0.15, 0.2) is 0 Å². The quantitative estimate of drug-likeness (QED) is 0.463. The van der Waals surface area contributed by atoms with E-state index in [-0.39, 0.29) is 0 Å². The number of rotatable bonds is 2. The molecule has 1 aliphatic carbocycles. The van der Waals surface area contributed by atoms with Crippen LogP contribution in [0, 0.1) is 0 Å². The van der Waals surface area contributed by atoms with Crippen LogP contribution >= 0.6 is 11.3 Å². The lowest BCUT2D eigenvalue weighted by Crippen LogP contribution is -2.30. The SMILES string of the molecule is c1ccc(-c2nc3sc4c(N5CCCCC5)ncnc4c3c3c2CCC3)cc1. The molecule has 1 aromatic carbocycles. The first-order valence-corrected chi connectivity index (χ1v) is 11.1. The van der Waals surface area contributed by atoms with E-state index in [9.17, 15) is 0 Å². The van der Waals surface area contributed by atoms with Crippen LogP contribution in [0.15, 0.2) is 36.7 Å². The van der Waals surface area contributed by atoms with E-state index in [0.717, 1.165) is 42.1 Å². The van der Waals surface area contributed by atoms with E-state index in [0.29, 0.717) is 0 Å². The first kappa shape index (κ1) is 16.4. The van der Waals surface area contributed by atoms with Crippen molar-refractivity contribution >= 4 is 37.6 Å². The molecule has 3 aromatic heterocycles. The van der Waals surface area contributed by atoms with Crippen LogP contribution < -0.4 is 4.90 Å². The summed E-state index contributed by atoms with van der Waals surface area (Å²) in [4.78, 5) is 18.2. The average Bonchev–Trinajstić information content (AvgIpc) is 3.38. The zero-order valence-electron chi connectivity index (χ0n) is 15.8. The van der Waals surface area contributed by atoms with Crippen molar-refractivity contribution in [3.63, 3.8) is 0 Å². The molecule has 0 atom stereocenters. The summed E-state index contributed by atoms with van der Waals surface area (Å²) in [6.45, 7) is 2.20. The highest BCUT2D eigenvalue weighted by Gasteiger charge is 2.26. The van der Waals surface area contributed by atoms with E-state index in [1.807, 2.05) is 0 Å². The molecule has 1 saturated heterocycles. The van der Waals surface area contributed by atoms with Crippen molar-refractivity contribution in [1.82, 2.24) is 15.0 Å². The van der Waals surface area contributed by atoms with Crippen LogP contribution in [-0.4, -0.2) is 28.0 Å². The highest BCUT2D eigenvalue weighted by molar-refractivity contribution is 7.26. The Kier molecular flexibility index (Phi) is 3.82. The summed E-state index contributed by atoms with van der Waals surface area (Å²) in [5, 5.41) is 1.29. The molecule has 0 saturated carbocycles. The molecule has 0 bridgehead atoms. The average molecular weight is 387 g/mol.